The zero-order valence-electron chi connectivity index (χ0n) is 34.6. The maximum atomic E-state index is 14.2. The number of hydrogen-bond donors (Lipinski definition) is 2. The highest BCUT2D eigenvalue weighted by Crippen LogP contribution is 2.49. The monoisotopic (exact) mass is 828 g/mol. The van der Waals surface area contributed by atoms with Crippen molar-refractivity contribution < 1.29 is 52.8 Å². The number of nitrogens with zero attached hydrogens (tertiary/aromatic N) is 3. The second kappa shape index (κ2) is 18.8. The van der Waals surface area contributed by atoms with Crippen molar-refractivity contribution in [2.45, 2.75) is 114 Å². The standard InChI is InChI=1S/C42H57ClN4O11/c1-25-14-13-15-32(55-8)42(53)24-31(56-40(52)44-42)26(2)38-41(4,58-38)33(23-36(50)46(6)29-21-28(20-25)22-30(54-7)37(29)43)57-39(51)27(3)45(5)18-11-9-10-12-19-47-34(48)16-17-35(47)49/h13-17,21-22,26-27,31-33,38,53H,9-12,18-20,23-24H2,1-8H3,(H,44,52)/b15-13+,25-14+/t26?,27-,31?,32?,33?,38?,41?,42?/m0/s1. The molecule has 7 unspecified atom stereocenters. The topological polar surface area (TPSA) is 177 Å². The van der Waals surface area contributed by atoms with Crippen LogP contribution < -0.4 is 15.0 Å². The summed E-state index contributed by atoms with van der Waals surface area (Å²) in [7, 11) is 6.36. The number of alkyl carbamates (subject to hydrolysis) is 1. The first-order chi connectivity index (χ1) is 27.4. The lowest BCUT2D eigenvalue weighted by atomic mass is 9.83. The molecule has 5 rings (SSSR count). The first kappa shape index (κ1) is 44.8. The van der Waals surface area contributed by atoms with E-state index >= 15 is 0 Å². The van der Waals surface area contributed by atoms with Gasteiger partial charge < -0.3 is 33.7 Å². The highest BCUT2D eigenvalue weighted by Gasteiger charge is 2.64. The number of carbonyl (C=O) groups is 5. The summed E-state index contributed by atoms with van der Waals surface area (Å²) in [6.07, 6.45) is 6.81. The Hall–Kier alpha value is -4.28. The fourth-order valence-corrected chi connectivity index (χ4v) is 8.17. The van der Waals surface area contributed by atoms with Crippen LogP contribution in [0.25, 0.3) is 0 Å². The number of hydrogen-bond acceptors (Lipinski definition) is 12. The third-order valence-corrected chi connectivity index (χ3v) is 12.1. The molecule has 4 aliphatic rings. The second-order valence-electron chi connectivity index (χ2n) is 16.0. The Morgan fingerprint density at radius 1 is 1.12 bits per heavy atom. The number of likely N-dealkylation sites (N-methyl/N-ethyl adjacent to an activating group) is 1. The molecular formula is C42H57ClN4O11. The van der Waals surface area contributed by atoms with Crippen LogP contribution >= 0.6 is 11.6 Å². The highest BCUT2D eigenvalue weighted by atomic mass is 35.5. The van der Waals surface area contributed by atoms with E-state index in [1.54, 1.807) is 39.1 Å². The molecule has 1 aromatic rings. The molecule has 8 atom stereocenters. The first-order valence-corrected chi connectivity index (χ1v) is 20.1. The number of methoxy groups -OCH3 is 2. The molecule has 0 radical (unpaired) electrons. The number of aliphatic hydroxyl groups is 1. The Balaban J connectivity index is 1.37. The number of unbranched alkanes of at least 4 members (excludes halogenated alkanes) is 3. The maximum absolute atomic E-state index is 14.2. The molecule has 2 fully saturated rings. The summed E-state index contributed by atoms with van der Waals surface area (Å²) >= 11 is 6.79. The minimum Gasteiger partial charge on any atom is -0.495 e. The van der Waals surface area contributed by atoms with Crippen LogP contribution in [0.5, 0.6) is 5.75 Å². The molecule has 2 N–H and O–H groups in total. The smallest absolute Gasteiger partial charge is 0.409 e. The lowest BCUT2D eigenvalue weighted by Crippen LogP contribution is -2.63. The average molecular weight is 829 g/mol. The number of benzene rings is 1. The van der Waals surface area contributed by atoms with E-state index in [0.717, 1.165) is 30.4 Å². The van der Waals surface area contributed by atoms with E-state index in [-0.39, 0.29) is 29.7 Å². The summed E-state index contributed by atoms with van der Waals surface area (Å²) in [6.45, 7) is 8.19. The second-order valence-corrected chi connectivity index (χ2v) is 16.3. The van der Waals surface area contributed by atoms with E-state index < -0.39 is 65.7 Å². The molecule has 0 aliphatic carbocycles. The van der Waals surface area contributed by atoms with Crippen molar-refractivity contribution in [2.75, 3.05) is 46.3 Å². The van der Waals surface area contributed by atoms with Crippen LogP contribution in [0, 0.1) is 5.92 Å². The quantitative estimate of drug-likeness (QED) is 0.131. The van der Waals surface area contributed by atoms with Crippen molar-refractivity contribution in [1.29, 1.82) is 0 Å². The van der Waals surface area contributed by atoms with Crippen LogP contribution in [0.15, 0.2) is 48.1 Å². The number of allylic oxidation sites excluding steroid dienone is 3. The van der Waals surface area contributed by atoms with Gasteiger partial charge in [-0.3, -0.25) is 34.3 Å². The summed E-state index contributed by atoms with van der Waals surface area (Å²) in [5, 5.41) is 14.5. The molecule has 15 nitrogen and oxygen atoms in total. The van der Waals surface area contributed by atoms with Crippen molar-refractivity contribution in [3.63, 3.8) is 0 Å². The molecular weight excluding hydrogens is 772 g/mol. The molecule has 0 saturated carbocycles. The van der Waals surface area contributed by atoms with Gasteiger partial charge in [0.2, 0.25) is 5.91 Å². The molecule has 0 spiro atoms. The first-order valence-electron chi connectivity index (χ1n) is 19.7. The fourth-order valence-electron chi connectivity index (χ4n) is 7.85. The summed E-state index contributed by atoms with van der Waals surface area (Å²) in [5.41, 5.74) is -0.818. The summed E-state index contributed by atoms with van der Waals surface area (Å²) in [5.74, 6) is -1.65. The van der Waals surface area contributed by atoms with Crippen LogP contribution in [-0.2, 0) is 44.5 Å². The number of rotatable bonds is 12. The van der Waals surface area contributed by atoms with Crippen molar-refractivity contribution in [1.82, 2.24) is 15.1 Å². The van der Waals surface area contributed by atoms with Crippen LogP contribution in [0.4, 0.5) is 10.5 Å². The third kappa shape index (κ3) is 10.1. The van der Waals surface area contributed by atoms with Crippen LogP contribution in [-0.4, -0.2) is 128 Å². The summed E-state index contributed by atoms with van der Waals surface area (Å²) in [6, 6.07) is 2.94. The Morgan fingerprint density at radius 3 is 2.48 bits per heavy atom. The van der Waals surface area contributed by atoms with Gasteiger partial charge in [-0.2, -0.15) is 0 Å². The molecule has 16 heteroatoms. The van der Waals surface area contributed by atoms with Crippen molar-refractivity contribution in [2.24, 2.45) is 5.92 Å². The van der Waals surface area contributed by atoms with Crippen molar-refractivity contribution in [3.05, 3.63) is 58.7 Å². The summed E-state index contributed by atoms with van der Waals surface area (Å²) in [4.78, 5) is 69.1. The summed E-state index contributed by atoms with van der Waals surface area (Å²) < 4.78 is 29.5. The van der Waals surface area contributed by atoms with E-state index in [1.165, 1.54) is 36.2 Å². The number of fused-ring (bicyclic) bond motifs is 5. The van der Waals surface area contributed by atoms with Crippen molar-refractivity contribution in [3.8, 4) is 5.75 Å². The maximum Gasteiger partial charge on any atom is 0.409 e. The third-order valence-electron chi connectivity index (χ3n) is 11.8. The number of imide groups is 1. The minimum atomic E-state index is -1.82. The minimum absolute atomic E-state index is 0.0365. The number of anilines is 1. The van der Waals surface area contributed by atoms with E-state index in [2.05, 4.69) is 5.32 Å². The van der Waals surface area contributed by atoms with Gasteiger partial charge in [0.1, 0.15) is 40.7 Å². The molecule has 4 aliphatic heterocycles. The van der Waals surface area contributed by atoms with Crippen molar-refractivity contribution >= 4 is 47.1 Å². The zero-order valence-corrected chi connectivity index (χ0v) is 35.4. The number of amides is 4. The molecule has 4 bridgehead atoms. The largest absolute Gasteiger partial charge is 0.495 e. The van der Waals surface area contributed by atoms with E-state index in [1.807, 2.05) is 37.9 Å². The number of halogens is 1. The van der Waals surface area contributed by atoms with Gasteiger partial charge in [-0.15, -0.1) is 0 Å². The predicted molar refractivity (Wildman–Crippen MR) is 215 cm³/mol. The van der Waals surface area contributed by atoms with Crippen LogP contribution in [0.1, 0.15) is 71.8 Å². The van der Waals surface area contributed by atoms with Gasteiger partial charge in [0.25, 0.3) is 11.8 Å². The normalized spacial score (nSPS) is 30.9. The van der Waals surface area contributed by atoms with Gasteiger partial charge in [-0.05, 0) is 71.3 Å². The molecule has 318 valence electrons. The molecule has 58 heavy (non-hydrogen) atoms. The number of epoxide rings is 1. The van der Waals surface area contributed by atoms with Gasteiger partial charge in [0.15, 0.2) is 5.72 Å². The van der Waals surface area contributed by atoms with Gasteiger partial charge in [0.05, 0.1) is 25.3 Å². The van der Waals surface area contributed by atoms with Gasteiger partial charge in [0, 0.05) is 45.2 Å². The molecule has 4 heterocycles. The van der Waals surface area contributed by atoms with Gasteiger partial charge >= 0.3 is 12.1 Å². The fraction of sp³-hybridized carbons (Fsp3) is 0.595. The Morgan fingerprint density at radius 2 is 1.81 bits per heavy atom. The molecule has 4 amide bonds. The number of carbonyl (C=O) groups excluding carboxylic acids is 5. The highest BCUT2D eigenvalue weighted by molar-refractivity contribution is 6.35. The Labute approximate surface area is 345 Å². The number of nitrogens with one attached hydrogen (secondary N) is 1. The molecule has 2 saturated heterocycles. The predicted octanol–water partition coefficient (Wildman–Crippen LogP) is 4.47. The number of esters is 1. The molecule has 1 aromatic carbocycles. The zero-order chi connectivity index (χ0) is 42.5. The van der Waals surface area contributed by atoms with Gasteiger partial charge in [-0.1, -0.05) is 55.2 Å². The van der Waals surface area contributed by atoms with E-state index in [4.69, 9.17) is 35.3 Å². The number of ether oxygens (including phenoxy) is 5. The van der Waals surface area contributed by atoms with E-state index in [9.17, 15) is 29.1 Å². The Kier molecular flexibility index (Phi) is 14.5. The molecule has 0 aromatic heterocycles. The SMILES string of the molecule is COc1cc2cc(c1Cl)N(C)C(=O)CC(OC(=O)[C@H](C)N(C)CCCCCCN1C(=O)C=CC1=O)C1(C)OC1C(C)C1CC(O)(NC(=O)O1)C(OC)/C=C/C=C(\C)C2. The van der Waals surface area contributed by atoms with E-state index in [0.29, 0.717) is 37.4 Å². The lowest BCUT2D eigenvalue weighted by Gasteiger charge is -2.42. The lowest BCUT2D eigenvalue weighted by molar-refractivity contribution is -0.159. The van der Waals surface area contributed by atoms with Crippen LogP contribution in [0.2, 0.25) is 5.02 Å². The Bertz CT molecular complexity index is 1820. The average Bonchev–Trinajstić information content (AvgIpc) is 3.78. The van der Waals surface area contributed by atoms with Crippen LogP contribution in [0.3, 0.4) is 0 Å². The van der Waals surface area contributed by atoms with Gasteiger partial charge in [-0.25, -0.2) is 4.79 Å².